The molecule has 1 aromatic heterocycles. The van der Waals surface area contributed by atoms with Gasteiger partial charge in [-0.15, -0.1) is 0 Å². The van der Waals surface area contributed by atoms with E-state index in [-0.39, 0.29) is 32.4 Å². The van der Waals surface area contributed by atoms with Gasteiger partial charge < -0.3 is 9.87 Å². The number of carbonyl (C=O) groups excluding carboxylic acids is 1. The van der Waals surface area contributed by atoms with Crippen molar-refractivity contribution in [3.63, 3.8) is 0 Å². The summed E-state index contributed by atoms with van der Waals surface area (Å²) in [5.41, 5.74) is -1.04. The number of rotatable bonds is 5. The summed E-state index contributed by atoms with van der Waals surface area (Å²) in [5.74, 6) is -0.820. The van der Waals surface area contributed by atoms with Crippen LogP contribution in [0.15, 0.2) is 53.7 Å². The highest BCUT2D eigenvalue weighted by Crippen LogP contribution is 2.35. The number of aromatic nitrogens is 2. The monoisotopic (exact) mass is 467 g/mol. The fourth-order valence-electron chi connectivity index (χ4n) is 2.80. The first-order valence-electron chi connectivity index (χ1n) is 8.43. The summed E-state index contributed by atoms with van der Waals surface area (Å²) in [6.45, 7) is 0. The predicted molar refractivity (Wildman–Crippen MR) is 104 cm³/mol. The molecule has 1 N–H and O–H groups in total. The molecule has 0 bridgehead atoms. The maximum absolute atomic E-state index is 13.2. The second kappa shape index (κ2) is 8.89. The van der Waals surface area contributed by atoms with Crippen LogP contribution in [0, 0.1) is 11.3 Å². The molecule has 31 heavy (non-hydrogen) atoms. The molecule has 7 nitrogen and oxygen atoms in total. The van der Waals surface area contributed by atoms with Gasteiger partial charge in [0.25, 0.3) is 0 Å². The Morgan fingerprint density at radius 3 is 2.68 bits per heavy atom. The lowest BCUT2D eigenvalue weighted by Gasteiger charge is -2.16. The van der Waals surface area contributed by atoms with Crippen LogP contribution in [-0.4, -0.2) is 24.4 Å². The van der Waals surface area contributed by atoms with Gasteiger partial charge in [0.2, 0.25) is 5.91 Å². The van der Waals surface area contributed by atoms with Crippen LogP contribution in [0.3, 0.4) is 0 Å². The third-order valence-corrected chi connectivity index (χ3v) is 5.18. The number of anilines is 1. The van der Waals surface area contributed by atoms with E-state index in [1.54, 1.807) is 0 Å². The van der Waals surface area contributed by atoms with Gasteiger partial charge in [-0.05, 0) is 47.0 Å². The number of alkyl halides is 3. The molecule has 0 aliphatic rings. The normalized spacial score (nSPS) is 12.3. The van der Waals surface area contributed by atoms with Crippen LogP contribution in [0.2, 0.25) is 5.02 Å². The van der Waals surface area contributed by atoms with E-state index in [1.165, 1.54) is 35.3 Å². The standard InChI is InChI=1S/C19H12ClF3N4O3S/c20-15-3-1-2-14(19(21,22)23)13(15)7-18(28)26-12-4-5-16(17(6-12)31(29)30)27-10-11(8-24)9-25-27/h1-6,9-10H,7H2,(H,26,28)(H,29,30)/p-1. The minimum absolute atomic E-state index is 0.0428. The second-order valence-corrected chi connectivity index (χ2v) is 7.51. The molecule has 12 heteroatoms. The van der Waals surface area contributed by atoms with Gasteiger partial charge in [0.15, 0.2) is 0 Å². The molecule has 0 spiro atoms. The van der Waals surface area contributed by atoms with E-state index in [1.807, 2.05) is 6.07 Å². The Bertz CT molecular complexity index is 1220. The van der Waals surface area contributed by atoms with Crippen LogP contribution in [0.4, 0.5) is 18.9 Å². The van der Waals surface area contributed by atoms with Crippen molar-refractivity contribution < 1.29 is 26.7 Å². The molecular weight excluding hydrogens is 457 g/mol. The van der Waals surface area contributed by atoms with Gasteiger partial charge in [-0.25, -0.2) is 4.68 Å². The van der Waals surface area contributed by atoms with E-state index in [0.717, 1.165) is 18.2 Å². The van der Waals surface area contributed by atoms with Crippen molar-refractivity contribution in [1.82, 2.24) is 9.78 Å². The Labute approximate surface area is 181 Å². The van der Waals surface area contributed by atoms with Crippen molar-refractivity contribution in [3.8, 4) is 11.8 Å². The minimum Gasteiger partial charge on any atom is -0.768 e. The zero-order chi connectivity index (χ0) is 22.8. The molecule has 3 aromatic rings. The first-order valence-corrected chi connectivity index (χ1v) is 9.88. The first-order chi connectivity index (χ1) is 14.6. The maximum Gasteiger partial charge on any atom is 0.416 e. The SMILES string of the molecule is N#Cc1cnn(-c2ccc(NC(=O)Cc3c(Cl)cccc3C(F)(F)F)cc2S(=O)[O-])c1. The average molecular weight is 468 g/mol. The van der Waals surface area contributed by atoms with Gasteiger partial charge in [0.1, 0.15) is 6.07 Å². The fourth-order valence-corrected chi connectivity index (χ4v) is 3.59. The van der Waals surface area contributed by atoms with Gasteiger partial charge in [-0.3, -0.25) is 9.00 Å². The number of amides is 1. The number of hydrogen-bond donors (Lipinski definition) is 1. The zero-order valence-electron chi connectivity index (χ0n) is 15.3. The number of hydrogen-bond acceptors (Lipinski definition) is 5. The molecule has 1 atom stereocenters. The van der Waals surface area contributed by atoms with Crippen LogP contribution < -0.4 is 5.32 Å². The minimum atomic E-state index is -4.69. The predicted octanol–water partition coefficient (Wildman–Crippen LogP) is 3.84. The Balaban J connectivity index is 1.87. The lowest BCUT2D eigenvalue weighted by Crippen LogP contribution is -2.18. The lowest BCUT2D eigenvalue weighted by atomic mass is 10.0. The second-order valence-electron chi connectivity index (χ2n) is 6.19. The number of nitriles is 1. The van der Waals surface area contributed by atoms with E-state index in [2.05, 4.69) is 10.4 Å². The van der Waals surface area contributed by atoms with Crippen molar-refractivity contribution in [2.24, 2.45) is 0 Å². The highest BCUT2D eigenvalue weighted by molar-refractivity contribution is 7.79. The summed E-state index contributed by atoms with van der Waals surface area (Å²) in [6, 6.07) is 8.88. The molecule has 0 fully saturated rings. The summed E-state index contributed by atoms with van der Waals surface area (Å²) in [4.78, 5) is 12.1. The van der Waals surface area contributed by atoms with Gasteiger partial charge in [-0.2, -0.15) is 23.5 Å². The summed E-state index contributed by atoms with van der Waals surface area (Å²) < 4.78 is 64.0. The van der Waals surface area contributed by atoms with Crippen LogP contribution in [0.5, 0.6) is 0 Å². The quantitative estimate of drug-likeness (QED) is 0.573. The summed E-state index contributed by atoms with van der Waals surface area (Å²) in [5, 5.41) is 14.9. The fraction of sp³-hybridized carbons (Fsp3) is 0.105. The highest BCUT2D eigenvalue weighted by atomic mass is 35.5. The van der Waals surface area contributed by atoms with E-state index in [9.17, 15) is 26.7 Å². The molecule has 0 aliphatic heterocycles. The molecule has 0 aliphatic carbocycles. The van der Waals surface area contributed by atoms with Crippen molar-refractivity contribution in [3.05, 3.63) is 70.5 Å². The van der Waals surface area contributed by atoms with Crippen molar-refractivity contribution in [1.29, 1.82) is 5.26 Å². The van der Waals surface area contributed by atoms with Gasteiger partial charge >= 0.3 is 6.18 Å². The van der Waals surface area contributed by atoms with E-state index in [0.29, 0.717) is 0 Å². The summed E-state index contributed by atoms with van der Waals surface area (Å²) in [6.07, 6.45) is -2.80. The number of halogens is 4. The molecule has 0 saturated carbocycles. The molecular formula is C19H11ClF3N4O3S-. The lowest BCUT2D eigenvalue weighted by molar-refractivity contribution is -0.138. The van der Waals surface area contributed by atoms with Crippen LogP contribution in [-0.2, 0) is 28.5 Å². The number of nitrogens with zero attached hydrogens (tertiary/aromatic N) is 3. The smallest absolute Gasteiger partial charge is 0.416 e. The maximum atomic E-state index is 13.2. The van der Waals surface area contributed by atoms with Crippen LogP contribution in [0.25, 0.3) is 5.69 Å². The van der Waals surface area contributed by atoms with Gasteiger partial charge in [-0.1, -0.05) is 17.7 Å². The molecule has 1 amide bonds. The first kappa shape index (κ1) is 22.5. The topological polar surface area (TPSA) is 111 Å². The summed E-state index contributed by atoms with van der Waals surface area (Å²) in [7, 11) is 0. The highest BCUT2D eigenvalue weighted by Gasteiger charge is 2.34. The van der Waals surface area contributed by atoms with Crippen molar-refractivity contribution in [2.45, 2.75) is 17.5 Å². The number of nitrogens with one attached hydrogen (secondary N) is 1. The van der Waals surface area contributed by atoms with E-state index in [4.69, 9.17) is 16.9 Å². The molecule has 3 rings (SSSR count). The van der Waals surface area contributed by atoms with E-state index >= 15 is 0 Å². The van der Waals surface area contributed by atoms with Crippen LogP contribution >= 0.6 is 11.6 Å². The largest absolute Gasteiger partial charge is 0.768 e. The third kappa shape index (κ3) is 5.11. The Morgan fingerprint density at radius 2 is 2.06 bits per heavy atom. The molecule has 0 saturated heterocycles. The number of benzene rings is 2. The molecule has 2 aromatic carbocycles. The molecule has 1 heterocycles. The van der Waals surface area contributed by atoms with Gasteiger partial charge in [0, 0.05) is 16.9 Å². The van der Waals surface area contributed by atoms with Gasteiger partial charge in [0.05, 0.1) is 34.3 Å². The molecule has 1 unspecified atom stereocenters. The Kier molecular flexibility index (Phi) is 6.45. The number of carbonyl (C=O) groups is 1. The zero-order valence-corrected chi connectivity index (χ0v) is 16.9. The molecule has 0 radical (unpaired) electrons. The van der Waals surface area contributed by atoms with Crippen molar-refractivity contribution >= 4 is 34.3 Å². The van der Waals surface area contributed by atoms with E-state index < -0.39 is 35.1 Å². The summed E-state index contributed by atoms with van der Waals surface area (Å²) >= 11 is 3.13. The van der Waals surface area contributed by atoms with Crippen LogP contribution in [0.1, 0.15) is 16.7 Å². The Hall–Kier alpha value is -3.20. The molecule has 160 valence electrons. The van der Waals surface area contributed by atoms with Crippen molar-refractivity contribution in [2.75, 3.05) is 5.32 Å². The Morgan fingerprint density at radius 1 is 1.32 bits per heavy atom. The third-order valence-electron chi connectivity index (χ3n) is 4.14. The average Bonchev–Trinajstić information content (AvgIpc) is 3.17.